The number of pyridine rings is 2. The predicted octanol–water partition coefficient (Wildman–Crippen LogP) is 3.04. The summed E-state index contributed by atoms with van der Waals surface area (Å²) >= 11 is 0. The summed E-state index contributed by atoms with van der Waals surface area (Å²) in [4.78, 5) is 8.87. The number of aliphatic hydroxyl groups excluding tert-OH is 1. The van der Waals surface area contributed by atoms with Gasteiger partial charge in [0.1, 0.15) is 23.4 Å². The van der Waals surface area contributed by atoms with Gasteiger partial charge in [-0.3, -0.25) is 0 Å². The third kappa shape index (κ3) is 3.74. The molecule has 1 fully saturated rings. The lowest BCUT2D eigenvalue weighted by molar-refractivity contribution is 0.182. The Morgan fingerprint density at radius 3 is 2.71 bits per heavy atom. The molecular weight excluding hydrogens is 302 g/mol. The molecule has 0 radical (unpaired) electrons. The Balaban J connectivity index is 1.97. The first-order valence-electron chi connectivity index (χ1n) is 8.28. The van der Waals surface area contributed by atoms with Crippen molar-refractivity contribution in [2.75, 3.05) is 10.6 Å². The van der Waals surface area contributed by atoms with Crippen LogP contribution in [-0.4, -0.2) is 32.8 Å². The van der Waals surface area contributed by atoms with Crippen LogP contribution in [0.2, 0.25) is 0 Å². The molecule has 2 atom stereocenters. The van der Waals surface area contributed by atoms with Gasteiger partial charge in [-0.2, -0.15) is 5.26 Å². The number of hydrogen-bond donors (Lipinski definition) is 3. The van der Waals surface area contributed by atoms with E-state index in [1.165, 1.54) is 0 Å². The second kappa shape index (κ2) is 6.25. The van der Waals surface area contributed by atoms with Crippen molar-refractivity contribution in [2.45, 2.75) is 57.7 Å². The number of fused-ring (bicyclic) bond motifs is 1. The van der Waals surface area contributed by atoms with Gasteiger partial charge in [0.15, 0.2) is 0 Å². The minimum Gasteiger partial charge on any atom is -0.393 e. The SMILES string of the molecule is CC(C)(C)Nc1nc(C#N)cc2cnc(NC3CC[C@H](O)C3)cc12. The molecule has 0 aliphatic heterocycles. The third-order valence-corrected chi connectivity index (χ3v) is 4.08. The van der Waals surface area contributed by atoms with Crippen LogP contribution in [0.5, 0.6) is 0 Å². The van der Waals surface area contributed by atoms with Gasteiger partial charge in [-0.15, -0.1) is 0 Å². The first-order chi connectivity index (χ1) is 11.3. The molecule has 1 aliphatic rings. The molecular formula is C18H23N5O. The summed E-state index contributed by atoms with van der Waals surface area (Å²) in [6, 6.07) is 6.06. The molecule has 0 amide bonds. The topological polar surface area (TPSA) is 93.9 Å². The van der Waals surface area contributed by atoms with Crippen molar-refractivity contribution in [2.24, 2.45) is 0 Å². The molecule has 2 aromatic heterocycles. The Hall–Kier alpha value is -2.39. The highest BCUT2D eigenvalue weighted by Crippen LogP contribution is 2.28. The molecule has 3 N–H and O–H groups in total. The smallest absolute Gasteiger partial charge is 0.143 e. The van der Waals surface area contributed by atoms with E-state index < -0.39 is 0 Å². The molecule has 0 spiro atoms. The molecule has 1 aliphatic carbocycles. The van der Waals surface area contributed by atoms with Crippen molar-refractivity contribution in [3.05, 3.63) is 24.0 Å². The van der Waals surface area contributed by atoms with Crippen LogP contribution < -0.4 is 10.6 Å². The number of nitrogens with one attached hydrogen (secondary N) is 2. The third-order valence-electron chi connectivity index (χ3n) is 4.08. The summed E-state index contributed by atoms with van der Waals surface area (Å²) in [5.74, 6) is 1.46. The van der Waals surface area contributed by atoms with Gasteiger partial charge in [0.05, 0.1) is 6.10 Å². The Morgan fingerprint density at radius 1 is 1.29 bits per heavy atom. The van der Waals surface area contributed by atoms with Crippen LogP contribution in [0.4, 0.5) is 11.6 Å². The molecule has 0 saturated heterocycles. The van der Waals surface area contributed by atoms with E-state index in [0.29, 0.717) is 11.5 Å². The van der Waals surface area contributed by atoms with Gasteiger partial charge >= 0.3 is 0 Å². The first kappa shape index (κ1) is 16.5. The van der Waals surface area contributed by atoms with Gasteiger partial charge in [-0.05, 0) is 52.2 Å². The number of aromatic nitrogens is 2. The zero-order valence-corrected chi connectivity index (χ0v) is 14.3. The molecule has 1 unspecified atom stereocenters. The van der Waals surface area contributed by atoms with Crippen LogP contribution >= 0.6 is 0 Å². The normalized spacial score (nSPS) is 20.8. The van der Waals surface area contributed by atoms with E-state index in [-0.39, 0.29) is 17.7 Å². The Bertz CT molecular complexity index is 790. The van der Waals surface area contributed by atoms with Crippen LogP contribution in [0.3, 0.4) is 0 Å². The summed E-state index contributed by atoms with van der Waals surface area (Å²) in [5, 5.41) is 27.4. The van der Waals surface area contributed by atoms with Crippen LogP contribution in [0.25, 0.3) is 10.8 Å². The van der Waals surface area contributed by atoms with Crippen molar-refractivity contribution >= 4 is 22.4 Å². The van der Waals surface area contributed by atoms with Crippen LogP contribution in [-0.2, 0) is 0 Å². The van der Waals surface area contributed by atoms with E-state index in [0.717, 1.165) is 35.9 Å². The van der Waals surface area contributed by atoms with Crippen molar-refractivity contribution in [1.82, 2.24) is 9.97 Å². The minimum atomic E-state index is -0.221. The molecule has 2 heterocycles. The fourth-order valence-corrected chi connectivity index (χ4v) is 3.03. The molecule has 6 heteroatoms. The van der Waals surface area contributed by atoms with Gasteiger partial charge in [-0.25, -0.2) is 9.97 Å². The van der Waals surface area contributed by atoms with E-state index in [4.69, 9.17) is 0 Å². The van der Waals surface area contributed by atoms with Gasteiger partial charge in [-0.1, -0.05) is 0 Å². The Labute approximate surface area is 141 Å². The van der Waals surface area contributed by atoms with Crippen molar-refractivity contribution in [3.63, 3.8) is 0 Å². The lowest BCUT2D eigenvalue weighted by Gasteiger charge is -2.23. The maximum absolute atomic E-state index is 9.67. The molecule has 0 bridgehead atoms. The second-order valence-electron chi connectivity index (χ2n) is 7.44. The standard InChI is InChI=1S/C18H23N5O/c1-18(2,3)23-17-15-8-16(21-12-4-5-14(24)7-12)20-10-11(15)6-13(9-19)22-17/h6,8,10,12,14,24H,4-5,7H2,1-3H3,(H,20,21)(H,22,23)/t12?,14-/m0/s1. The lowest BCUT2D eigenvalue weighted by atomic mass is 10.1. The molecule has 24 heavy (non-hydrogen) atoms. The predicted molar refractivity (Wildman–Crippen MR) is 94.9 cm³/mol. The summed E-state index contributed by atoms with van der Waals surface area (Å²) < 4.78 is 0. The van der Waals surface area contributed by atoms with E-state index in [1.807, 2.05) is 6.07 Å². The average molecular weight is 325 g/mol. The second-order valence-corrected chi connectivity index (χ2v) is 7.44. The van der Waals surface area contributed by atoms with Crippen LogP contribution in [0.15, 0.2) is 18.3 Å². The van der Waals surface area contributed by atoms with E-state index in [1.54, 1.807) is 12.3 Å². The molecule has 6 nitrogen and oxygen atoms in total. The first-order valence-corrected chi connectivity index (χ1v) is 8.28. The average Bonchev–Trinajstić information content (AvgIpc) is 2.91. The zero-order valence-electron chi connectivity index (χ0n) is 14.3. The summed E-state index contributed by atoms with van der Waals surface area (Å²) in [7, 11) is 0. The molecule has 3 rings (SSSR count). The monoisotopic (exact) mass is 325 g/mol. The maximum atomic E-state index is 9.67. The fourth-order valence-electron chi connectivity index (χ4n) is 3.03. The van der Waals surface area contributed by atoms with Gasteiger partial charge in [0, 0.05) is 28.6 Å². The number of anilines is 2. The quantitative estimate of drug-likeness (QED) is 0.803. The highest BCUT2D eigenvalue weighted by Gasteiger charge is 2.23. The minimum absolute atomic E-state index is 0.166. The van der Waals surface area contributed by atoms with E-state index in [2.05, 4.69) is 47.4 Å². The number of nitrogens with zero attached hydrogens (tertiary/aromatic N) is 3. The van der Waals surface area contributed by atoms with Gasteiger partial charge in [0.2, 0.25) is 0 Å². The molecule has 2 aromatic rings. The summed E-state index contributed by atoms with van der Waals surface area (Å²) in [5.41, 5.74) is 0.205. The number of hydrogen-bond acceptors (Lipinski definition) is 6. The highest BCUT2D eigenvalue weighted by atomic mass is 16.3. The summed E-state index contributed by atoms with van der Waals surface area (Å²) in [6.45, 7) is 6.17. The van der Waals surface area contributed by atoms with E-state index >= 15 is 0 Å². The fraction of sp³-hybridized carbons (Fsp3) is 0.500. The van der Waals surface area contributed by atoms with Crippen molar-refractivity contribution in [1.29, 1.82) is 5.26 Å². The number of nitriles is 1. The van der Waals surface area contributed by atoms with Crippen LogP contribution in [0, 0.1) is 11.3 Å². The maximum Gasteiger partial charge on any atom is 0.143 e. The molecule has 126 valence electrons. The Morgan fingerprint density at radius 2 is 2.08 bits per heavy atom. The number of rotatable bonds is 3. The largest absolute Gasteiger partial charge is 0.393 e. The lowest BCUT2D eigenvalue weighted by Crippen LogP contribution is -2.27. The molecule has 0 aromatic carbocycles. The van der Waals surface area contributed by atoms with Gasteiger partial charge in [0.25, 0.3) is 0 Å². The van der Waals surface area contributed by atoms with Crippen molar-refractivity contribution in [3.8, 4) is 6.07 Å². The molecule has 1 saturated carbocycles. The van der Waals surface area contributed by atoms with Crippen molar-refractivity contribution < 1.29 is 5.11 Å². The summed E-state index contributed by atoms with van der Waals surface area (Å²) in [6.07, 6.45) is 4.06. The zero-order chi connectivity index (χ0) is 17.3. The highest BCUT2D eigenvalue weighted by molar-refractivity contribution is 5.94. The van der Waals surface area contributed by atoms with E-state index in [9.17, 15) is 10.4 Å². The number of aliphatic hydroxyl groups is 1. The van der Waals surface area contributed by atoms with Crippen LogP contribution in [0.1, 0.15) is 45.7 Å². The Kier molecular flexibility index (Phi) is 4.29. The van der Waals surface area contributed by atoms with Gasteiger partial charge < -0.3 is 15.7 Å².